The van der Waals surface area contributed by atoms with Gasteiger partial charge < -0.3 is 5.11 Å². The molecule has 0 spiro atoms. The van der Waals surface area contributed by atoms with Crippen molar-refractivity contribution in [2.24, 2.45) is 0 Å². The number of carboxylic acid groups (broad SMARTS) is 1. The molecule has 18 heavy (non-hydrogen) atoms. The fraction of sp³-hybridized carbons (Fsp3) is 0.133. The maximum absolute atomic E-state index is 10.7. The summed E-state index contributed by atoms with van der Waals surface area (Å²) in [5.41, 5.74) is 2.81. The summed E-state index contributed by atoms with van der Waals surface area (Å²) in [6.45, 7) is 0. The van der Waals surface area contributed by atoms with Crippen molar-refractivity contribution in [3.8, 4) is 0 Å². The van der Waals surface area contributed by atoms with Crippen LogP contribution in [0.2, 0.25) is 0 Å². The van der Waals surface area contributed by atoms with E-state index in [1.54, 1.807) is 12.1 Å². The van der Waals surface area contributed by atoms with Gasteiger partial charge >= 0.3 is 5.97 Å². The van der Waals surface area contributed by atoms with Gasteiger partial charge in [0.2, 0.25) is 0 Å². The van der Waals surface area contributed by atoms with E-state index >= 15 is 0 Å². The average Bonchev–Trinajstić information content (AvgIpc) is 2.38. The summed E-state index contributed by atoms with van der Waals surface area (Å²) in [5, 5.41) is 8.81. The van der Waals surface area contributed by atoms with E-state index < -0.39 is 5.97 Å². The van der Waals surface area contributed by atoms with Crippen LogP contribution >= 0.6 is 22.6 Å². The minimum absolute atomic E-state index is 0.341. The molecule has 2 aromatic rings. The van der Waals surface area contributed by atoms with Gasteiger partial charge in [0.1, 0.15) is 0 Å². The zero-order valence-electron chi connectivity index (χ0n) is 9.77. The number of halogens is 1. The summed E-state index contributed by atoms with van der Waals surface area (Å²) >= 11 is 2.29. The third-order valence-corrected chi connectivity index (χ3v) is 3.54. The molecule has 2 nitrogen and oxygen atoms in total. The second kappa shape index (κ2) is 6.00. The van der Waals surface area contributed by atoms with Gasteiger partial charge in [-0.25, -0.2) is 4.79 Å². The number of aryl methyl sites for hydroxylation is 2. The van der Waals surface area contributed by atoms with Crippen molar-refractivity contribution in [2.75, 3.05) is 0 Å². The molecule has 0 saturated carbocycles. The monoisotopic (exact) mass is 352 g/mol. The zero-order chi connectivity index (χ0) is 13.0. The molecule has 0 atom stereocenters. The van der Waals surface area contributed by atoms with Gasteiger partial charge in [0.25, 0.3) is 0 Å². The predicted octanol–water partition coefficient (Wildman–Crippen LogP) is 3.77. The zero-order valence-corrected chi connectivity index (χ0v) is 11.9. The Bertz CT molecular complexity index is 529. The first-order chi connectivity index (χ1) is 8.65. The number of carboxylic acids is 1. The molecule has 0 aromatic heterocycles. The summed E-state index contributed by atoms with van der Waals surface area (Å²) in [6, 6.07) is 15.6. The number of hydrogen-bond acceptors (Lipinski definition) is 1. The van der Waals surface area contributed by atoms with Gasteiger partial charge in [0.05, 0.1) is 5.56 Å². The lowest BCUT2D eigenvalue weighted by atomic mass is 10.0. The normalized spacial score (nSPS) is 10.3. The van der Waals surface area contributed by atoms with E-state index in [-0.39, 0.29) is 0 Å². The lowest BCUT2D eigenvalue weighted by Crippen LogP contribution is -1.97. The molecule has 1 N–H and O–H groups in total. The van der Waals surface area contributed by atoms with Crippen molar-refractivity contribution in [1.29, 1.82) is 0 Å². The van der Waals surface area contributed by atoms with Gasteiger partial charge in [-0.15, -0.1) is 0 Å². The Kier molecular flexibility index (Phi) is 4.36. The number of aromatic carboxylic acids is 1. The van der Waals surface area contributed by atoms with Crippen LogP contribution < -0.4 is 0 Å². The molecule has 0 bridgehead atoms. The number of hydrogen-bond donors (Lipinski definition) is 1. The Morgan fingerprint density at radius 1 is 0.889 bits per heavy atom. The Morgan fingerprint density at radius 2 is 1.33 bits per heavy atom. The third kappa shape index (κ3) is 3.57. The number of carbonyl (C=O) groups is 1. The van der Waals surface area contributed by atoms with Crippen LogP contribution in [-0.4, -0.2) is 11.1 Å². The quantitative estimate of drug-likeness (QED) is 0.851. The Hall–Kier alpha value is -1.36. The van der Waals surface area contributed by atoms with E-state index in [0.29, 0.717) is 5.56 Å². The molecule has 0 aliphatic rings. The highest BCUT2D eigenvalue weighted by Crippen LogP contribution is 2.11. The second-order valence-electron chi connectivity index (χ2n) is 4.13. The highest BCUT2D eigenvalue weighted by Gasteiger charge is 2.02. The van der Waals surface area contributed by atoms with Crippen molar-refractivity contribution in [2.45, 2.75) is 12.8 Å². The number of rotatable bonds is 4. The van der Waals surface area contributed by atoms with E-state index in [9.17, 15) is 4.79 Å². The minimum Gasteiger partial charge on any atom is -0.478 e. The molecule has 92 valence electrons. The fourth-order valence-electron chi connectivity index (χ4n) is 1.75. The van der Waals surface area contributed by atoms with Gasteiger partial charge in [0, 0.05) is 3.57 Å². The molecule has 0 unspecified atom stereocenters. The van der Waals surface area contributed by atoms with Gasteiger partial charge in [0.15, 0.2) is 0 Å². The molecule has 0 saturated heterocycles. The van der Waals surface area contributed by atoms with E-state index in [1.807, 2.05) is 12.1 Å². The second-order valence-corrected chi connectivity index (χ2v) is 5.37. The first-order valence-electron chi connectivity index (χ1n) is 5.72. The lowest BCUT2D eigenvalue weighted by Gasteiger charge is -2.03. The Labute approximate surface area is 120 Å². The van der Waals surface area contributed by atoms with Gasteiger partial charge in [-0.3, -0.25) is 0 Å². The molecule has 3 heteroatoms. The smallest absolute Gasteiger partial charge is 0.335 e. The molecule has 0 amide bonds. The van der Waals surface area contributed by atoms with Crippen molar-refractivity contribution >= 4 is 28.6 Å². The van der Waals surface area contributed by atoms with E-state index in [0.717, 1.165) is 12.8 Å². The van der Waals surface area contributed by atoms with Crippen LogP contribution in [0.3, 0.4) is 0 Å². The van der Waals surface area contributed by atoms with Crippen LogP contribution in [0.4, 0.5) is 0 Å². The molecule has 0 aliphatic heterocycles. The largest absolute Gasteiger partial charge is 0.478 e. The summed E-state index contributed by atoms with van der Waals surface area (Å²) in [7, 11) is 0. The fourth-order valence-corrected chi connectivity index (χ4v) is 2.11. The van der Waals surface area contributed by atoms with E-state index in [2.05, 4.69) is 46.9 Å². The van der Waals surface area contributed by atoms with Gasteiger partial charge in [-0.05, 0) is 70.8 Å². The van der Waals surface area contributed by atoms with Crippen molar-refractivity contribution < 1.29 is 9.90 Å². The first kappa shape index (κ1) is 13.1. The molecule has 2 aromatic carbocycles. The Balaban J connectivity index is 1.97. The topological polar surface area (TPSA) is 37.3 Å². The van der Waals surface area contributed by atoms with Crippen LogP contribution in [0.15, 0.2) is 48.5 Å². The van der Waals surface area contributed by atoms with Crippen LogP contribution in [0, 0.1) is 3.57 Å². The standard InChI is InChI=1S/C15H13IO2/c16-14-9-5-12(6-10-14)2-1-11-3-7-13(8-4-11)15(17)18/h3-10H,1-2H2,(H,17,18). The van der Waals surface area contributed by atoms with Crippen LogP contribution in [0.5, 0.6) is 0 Å². The van der Waals surface area contributed by atoms with Crippen molar-refractivity contribution in [1.82, 2.24) is 0 Å². The van der Waals surface area contributed by atoms with Gasteiger partial charge in [-0.2, -0.15) is 0 Å². The van der Waals surface area contributed by atoms with Crippen LogP contribution in [-0.2, 0) is 12.8 Å². The van der Waals surface area contributed by atoms with E-state index in [4.69, 9.17) is 5.11 Å². The molecule has 0 heterocycles. The highest BCUT2D eigenvalue weighted by molar-refractivity contribution is 14.1. The first-order valence-corrected chi connectivity index (χ1v) is 6.80. The highest BCUT2D eigenvalue weighted by atomic mass is 127. The lowest BCUT2D eigenvalue weighted by molar-refractivity contribution is 0.0697. The average molecular weight is 352 g/mol. The Morgan fingerprint density at radius 3 is 1.78 bits per heavy atom. The van der Waals surface area contributed by atoms with Crippen molar-refractivity contribution in [3.05, 3.63) is 68.8 Å². The summed E-state index contributed by atoms with van der Waals surface area (Å²) in [4.78, 5) is 10.7. The molecular weight excluding hydrogens is 339 g/mol. The molecule has 0 radical (unpaired) electrons. The minimum atomic E-state index is -0.876. The molecule has 0 fully saturated rings. The van der Waals surface area contributed by atoms with Crippen LogP contribution in [0.1, 0.15) is 21.5 Å². The maximum atomic E-state index is 10.7. The molecular formula is C15H13IO2. The number of benzene rings is 2. The molecule has 2 rings (SSSR count). The maximum Gasteiger partial charge on any atom is 0.335 e. The molecule has 0 aliphatic carbocycles. The van der Waals surface area contributed by atoms with Crippen molar-refractivity contribution in [3.63, 3.8) is 0 Å². The summed E-state index contributed by atoms with van der Waals surface area (Å²) < 4.78 is 1.24. The van der Waals surface area contributed by atoms with Gasteiger partial charge in [-0.1, -0.05) is 24.3 Å². The SMILES string of the molecule is O=C(O)c1ccc(CCc2ccc(I)cc2)cc1. The van der Waals surface area contributed by atoms with E-state index in [1.165, 1.54) is 14.7 Å². The predicted molar refractivity (Wildman–Crippen MR) is 80.0 cm³/mol. The summed E-state index contributed by atoms with van der Waals surface area (Å²) in [5.74, 6) is -0.876. The van der Waals surface area contributed by atoms with Crippen LogP contribution in [0.25, 0.3) is 0 Å². The summed E-state index contributed by atoms with van der Waals surface area (Å²) in [6.07, 6.45) is 1.91. The third-order valence-electron chi connectivity index (χ3n) is 2.82.